The molecule has 9 heteroatoms. The van der Waals surface area contributed by atoms with Crippen molar-refractivity contribution in [2.24, 2.45) is 4.99 Å². The van der Waals surface area contributed by atoms with Gasteiger partial charge in [-0.25, -0.2) is 0 Å². The molecule has 0 unspecified atom stereocenters. The van der Waals surface area contributed by atoms with Crippen molar-refractivity contribution in [3.8, 4) is 5.75 Å². The summed E-state index contributed by atoms with van der Waals surface area (Å²) in [5.41, 5.74) is -1.27. The highest BCUT2D eigenvalue weighted by Crippen LogP contribution is 2.40. The standard InChI is InChI=1S/C24H24F3N3O3/c1-33-17-11-9-16(10-12-17)21-22(32)30(23(29-21)13-5-2-6-14-23)15-20(31)28-19-8-4-3-7-18(19)24(25,26)27/h3-4,7-12H,2,5-6,13-15H2,1H3,(H,28,31). The third kappa shape index (κ3) is 4.58. The first-order chi connectivity index (χ1) is 15.7. The van der Waals surface area contributed by atoms with Gasteiger partial charge in [-0.05, 0) is 62.1 Å². The second kappa shape index (κ2) is 8.88. The number of hydrogen-bond donors (Lipinski definition) is 1. The molecule has 0 atom stereocenters. The van der Waals surface area contributed by atoms with E-state index in [2.05, 4.69) is 5.32 Å². The van der Waals surface area contributed by atoms with Gasteiger partial charge in [0.05, 0.1) is 18.4 Å². The minimum atomic E-state index is -4.61. The maximum absolute atomic E-state index is 13.4. The molecule has 1 heterocycles. The molecule has 1 aliphatic carbocycles. The molecule has 1 aliphatic heterocycles. The van der Waals surface area contributed by atoms with Crippen LogP contribution in [0, 0.1) is 0 Å². The van der Waals surface area contributed by atoms with E-state index in [1.165, 1.54) is 23.1 Å². The normalized spacial score (nSPS) is 17.8. The predicted molar refractivity (Wildman–Crippen MR) is 117 cm³/mol. The lowest BCUT2D eigenvalue weighted by atomic mass is 9.88. The van der Waals surface area contributed by atoms with Crippen molar-refractivity contribution in [2.75, 3.05) is 19.0 Å². The molecule has 0 aromatic heterocycles. The summed E-state index contributed by atoms with van der Waals surface area (Å²) in [5, 5.41) is 2.34. The van der Waals surface area contributed by atoms with Gasteiger partial charge in [0.25, 0.3) is 5.91 Å². The Morgan fingerprint density at radius 1 is 1.09 bits per heavy atom. The fourth-order valence-electron chi connectivity index (χ4n) is 4.46. The molecule has 174 valence electrons. The molecule has 2 aromatic rings. The molecule has 0 bridgehead atoms. The van der Waals surface area contributed by atoms with Crippen LogP contribution < -0.4 is 10.1 Å². The lowest BCUT2D eigenvalue weighted by Crippen LogP contribution is -2.51. The van der Waals surface area contributed by atoms with Gasteiger partial charge in [-0.2, -0.15) is 13.2 Å². The van der Waals surface area contributed by atoms with Crippen LogP contribution in [0.25, 0.3) is 0 Å². The Morgan fingerprint density at radius 2 is 1.76 bits per heavy atom. The Kier molecular flexibility index (Phi) is 6.14. The number of carbonyl (C=O) groups excluding carboxylic acids is 2. The van der Waals surface area contributed by atoms with Crippen molar-refractivity contribution in [3.63, 3.8) is 0 Å². The second-order valence-corrected chi connectivity index (χ2v) is 8.21. The Labute approximate surface area is 189 Å². The molecule has 2 aliphatic rings. The zero-order valence-corrected chi connectivity index (χ0v) is 18.1. The average Bonchev–Trinajstić information content (AvgIpc) is 3.05. The van der Waals surface area contributed by atoms with Gasteiger partial charge in [0.1, 0.15) is 23.7 Å². The minimum Gasteiger partial charge on any atom is -0.497 e. The quantitative estimate of drug-likeness (QED) is 0.708. The van der Waals surface area contributed by atoms with E-state index in [4.69, 9.17) is 9.73 Å². The number of nitrogens with zero attached hydrogens (tertiary/aromatic N) is 2. The van der Waals surface area contributed by atoms with Gasteiger partial charge in [0.2, 0.25) is 5.91 Å². The first-order valence-electron chi connectivity index (χ1n) is 10.8. The van der Waals surface area contributed by atoms with E-state index in [0.29, 0.717) is 24.2 Å². The number of methoxy groups -OCH3 is 1. The summed E-state index contributed by atoms with van der Waals surface area (Å²) < 4.78 is 45.1. The number of rotatable bonds is 5. The lowest BCUT2D eigenvalue weighted by Gasteiger charge is -2.38. The van der Waals surface area contributed by atoms with E-state index in [0.717, 1.165) is 25.3 Å². The molecular weight excluding hydrogens is 435 g/mol. The number of amides is 2. The van der Waals surface area contributed by atoms with E-state index in [1.807, 2.05) is 0 Å². The summed E-state index contributed by atoms with van der Waals surface area (Å²) in [5.74, 6) is -0.464. The number of aliphatic imine (C=N–C) groups is 1. The third-order valence-electron chi connectivity index (χ3n) is 6.10. The summed E-state index contributed by atoms with van der Waals surface area (Å²) in [6.07, 6.45) is -0.704. The molecule has 6 nitrogen and oxygen atoms in total. The van der Waals surface area contributed by atoms with E-state index in [1.54, 1.807) is 31.4 Å². The van der Waals surface area contributed by atoms with Gasteiger partial charge >= 0.3 is 6.18 Å². The molecule has 1 saturated carbocycles. The van der Waals surface area contributed by atoms with Crippen LogP contribution in [0.15, 0.2) is 53.5 Å². The summed E-state index contributed by atoms with van der Waals surface area (Å²) in [6, 6.07) is 11.7. The van der Waals surface area contributed by atoms with E-state index < -0.39 is 29.2 Å². The van der Waals surface area contributed by atoms with Crippen LogP contribution in [0.4, 0.5) is 18.9 Å². The Balaban J connectivity index is 1.59. The van der Waals surface area contributed by atoms with E-state index in [9.17, 15) is 22.8 Å². The molecule has 1 N–H and O–H groups in total. The monoisotopic (exact) mass is 459 g/mol. The van der Waals surface area contributed by atoms with Gasteiger partial charge in [0.15, 0.2) is 0 Å². The molecule has 33 heavy (non-hydrogen) atoms. The molecule has 1 spiro atoms. The molecule has 4 rings (SSSR count). The first kappa shape index (κ1) is 22.8. The number of anilines is 1. The van der Waals surface area contributed by atoms with Crippen LogP contribution in [-0.2, 0) is 15.8 Å². The molecular formula is C24H24F3N3O3. The highest BCUT2D eigenvalue weighted by atomic mass is 19.4. The van der Waals surface area contributed by atoms with Gasteiger partial charge in [-0.3, -0.25) is 14.6 Å². The van der Waals surface area contributed by atoms with Crippen molar-refractivity contribution >= 4 is 23.2 Å². The van der Waals surface area contributed by atoms with Crippen LogP contribution in [0.2, 0.25) is 0 Å². The smallest absolute Gasteiger partial charge is 0.418 e. The van der Waals surface area contributed by atoms with Crippen LogP contribution >= 0.6 is 0 Å². The Bertz CT molecular complexity index is 1070. The number of para-hydroxylation sites is 1. The van der Waals surface area contributed by atoms with Gasteiger partial charge in [-0.15, -0.1) is 0 Å². The highest BCUT2D eigenvalue weighted by Gasteiger charge is 2.48. The maximum atomic E-state index is 13.4. The van der Waals surface area contributed by atoms with Crippen molar-refractivity contribution in [1.82, 2.24) is 4.90 Å². The number of hydrogen-bond acceptors (Lipinski definition) is 4. The number of ether oxygens (including phenoxy) is 1. The summed E-state index contributed by atoms with van der Waals surface area (Å²) >= 11 is 0. The van der Waals surface area contributed by atoms with Crippen molar-refractivity contribution in [2.45, 2.75) is 43.9 Å². The molecule has 1 fully saturated rings. The van der Waals surface area contributed by atoms with E-state index >= 15 is 0 Å². The summed E-state index contributed by atoms with van der Waals surface area (Å²) in [6.45, 7) is -0.381. The van der Waals surface area contributed by atoms with Gasteiger partial charge < -0.3 is 15.0 Å². The van der Waals surface area contributed by atoms with Crippen LogP contribution in [-0.4, -0.2) is 41.7 Å². The number of carbonyl (C=O) groups is 2. The van der Waals surface area contributed by atoms with E-state index in [-0.39, 0.29) is 17.9 Å². The zero-order valence-electron chi connectivity index (χ0n) is 18.1. The average molecular weight is 459 g/mol. The Morgan fingerprint density at radius 3 is 2.39 bits per heavy atom. The highest BCUT2D eigenvalue weighted by molar-refractivity contribution is 6.47. The molecule has 0 radical (unpaired) electrons. The predicted octanol–water partition coefficient (Wildman–Crippen LogP) is 4.64. The van der Waals surface area contributed by atoms with Crippen LogP contribution in [0.5, 0.6) is 5.75 Å². The third-order valence-corrected chi connectivity index (χ3v) is 6.10. The van der Waals surface area contributed by atoms with Gasteiger partial charge in [-0.1, -0.05) is 18.6 Å². The number of halogens is 3. The largest absolute Gasteiger partial charge is 0.497 e. The lowest BCUT2D eigenvalue weighted by molar-refractivity contribution is -0.137. The minimum absolute atomic E-state index is 0.253. The number of nitrogens with one attached hydrogen (secondary N) is 1. The Hall–Kier alpha value is -3.36. The van der Waals surface area contributed by atoms with Gasteiger partial charge in [0, 0.05) is 5.56 Å². The van der Waals surface area contributed by atoms with Crippen LogP contribution in [0.1, 0.15) is 43.2 Å². The summed E-state index contributed by atoms with van der Waals surface area (Å²) in [7, 11) is 1.54. The molecule has 0 saturated heterocycles. The molecule has 2 amide bonds. The fraction of sp³-hybridized carbons (Fsp3) is 0.375. The molecule has 2 aromatic carbocycles. The van der Waals surface area contributed by atoms with Crippen molar-refractivity contribution < 1.29 is 27.5 Å². The second-order valence-electron chi connectivity index (χ2n) is 8.21. The SMILES string of the molecule is COc1ccc(C2=NC3(CCCCC3)N(CC(=O)Nc3ccccc3C(F)(F)F)C2=O)cc1. The first-order valence-corrected chi connectivity index (χ1v) is 10.8. The summed E-state index contributed by atoms with van der Waals surface area (Å²) in [4.78, 5) is 32.3. The topological polar surface area (TPSA) is 71.0 Å². The number of alkyl halides is 3. The number of benzene rings is 2. The van der Waals surface area contributed by atoms with Crippen molar-refractivity contribution in [1.29, 1.82) is 0 Å². The van der Waals surface area contributed by atoms with Crippen LogP contribution in [0.3, 0.4) is 0 Å². The zero-order chi connectivity index (χ0) is 23.6. The van der Waals surface area contributed by atoms with Crippen molar-refractivity contribution in [3.05, 3.63) is 59.7 Å². The maximum Gasteiger partial charge on any atom is 0.418 e. The fourth-order valence-corrected chi connectivity index (χ4v) is 4.46.